The molecule has 0 aliphatic rings. The fourth-order valence-electron chi connectivity index (χ4n) is 3.64. The van der Waals surface area contributed by atoms with E-state index in [0.29, 0.717) is 16.6 Å². The average Bonchev–Trinajstić information content (AvgIpc) is 3.16. The number of hydrogen-bond donors (Lipinski definition) is 0. The first-order valence-corrected chi connectivity index (χ1v) is 10.8. The van der Waals surface area contributed by atoms with Gasteiger partial charge >= 0.3 is 0 Å². The largest absolute Gasteiger partial charge is 0.493 e. The Morgan fingerprint density at radius 2 is 1.65 bits per heavy atom. The van der Waals surface area contributed by atoms with E-state index in [0.717, 1.165) is 32.6 Å². The number of fused-ring (bicyclic) bond motifs is 1. The van der Waals surface area contributed by atoms with Gasteiger partial charge in [-0.05, 0) is 66.9 Å². The zero-order valence-corrected chi connectivity index (χ0v) is 18.8. The number of thiazole rings is 1. The topological polar surface area (TPSA) is 51.7 Å². The summed E-state index contributed by atoms with van der Waals surface area (Å²) in [6, 6.07) is 19.6. The van der Waals surface area contributed by atoms with Crippen LogP contribution in [0, 0.1) is 13.8 Å². The summed E-state index contributed by atoms with van der Waals surface area (Å²) < 4.78 is 11.8. The lowest BCUT2D eigenvalue weighted by atomic mass is 10.1. The van der Waals surface area contributed by atoms with E-state index in [4.69, 9.17) is 14.5 Å². The number of rotatable bonds is 6. The first-order valence-electron chi connectivity index (χ1n) is 9.96. The number of hydrogen-bond acceptors (Lipinski definition) is 5. The fourth-order valence-corrected chi connectivity index (χ4v) is 4.64. The van der Waals surface area contributed by atoms with Gasteiger partial charge in [0.25, 0.3) is 0 Å². The summed E-state index contributed by atoms with van der Waals surface area (Å²) in [4.78, 5) is 20.1. The number of benzene rings is 3. The third-order valence-corrected chi connectivity index (χ3v) is 6.01. The van der Waals surface area contributed by atoms with Crippen molar-refractivity contribution in [2.45, 2.75) is 20.3 Å². The molecule has 1 amide bonds. The van der Waals surface area contributed by atoms with E-state index in [9.17, 15) is 4.79 Å². The molecule has 1 heterocycles. The van der Waals surface area contributed by atoms with Crippen LogP contribution in [-0.2, 0) is 11.2 Å². The first-order chi connectivity index (χ1) is 15.0. The number of anilines is 2. The number of amides is 1. The van der Waals surface area contributed by atoms with Crippen molar-refractivity contribution in [3.63, 3.8) is 0 Å². The van der Waals surface area contributed by atoms with E-state index < -0.39 is 0 Å². The maximum atomic E-state index is 13.6. The van der Waals surface area contributed by atoms with Gasteiger partial charge in [0, 0.05) is 0 Å². The molecular weight excluding hydrogens is 408 g/mol. The summed E-state index contributed by atoms with van der Waals surface area (Å²) >= 11 is 1.51. The Morgan fingerprint density at radius 1 is 0.935 bits per heavy atom. The molecule has 0 saturated heterocycles. The SMILES string of the molecule is COc1ccc(CC(=O)N(c2cc(C)cc(C)c2)c2nc3ccccc3s2)cc1OC. The Labute approximate surface area is 185 Å². The second kappa shape index (κ2) is 8.78. The molecule has 158 valence electrons. The molecule has 1 aromatic heterocycles. The second-order valence-electron chi connectivity index (χ2n) is 7.41. The van der Waals surface area contributed by atoms with Gasteiger partial charge in [-0.1, -0.05) is 35.6 Å². The van der Waals surface area contributed by atoms with Crippen LogP contribution in [0.5, 0.6) is 11.5 Å². The Hall–Kier alpha value is -3.38. The van der Waals surface area contributed by atoms with E-state index in [1.165, 1.54) is 11.3 Å². The first kappa shape index (κ1) is 20.9. The van der Waals surface area contributed by atoms with Crippen molar-refractivity contribution in [1.29, 1.82) is 0 Å². The fraction of sp³-hybridized carbons (Fsp3) is 0.200. The molecule has 5 nitrogen and oxygen atoms in total. The van der Waals surface area contributed by atoms with Gasteiger partial charge in [-0.25, -0.2) is 4.98 Å². The highest BCUT2D eigenvalue weighted by Crippen LogP contribution is 2.35. The van der Waals surface area contributed by atoms with Crippen LogP contribution in [0.4, 0.5) is 10.8 Å². The zero-order chi connectivity index (χ0) is 22.0. The highest BCUT2D eigenvalue weighted by atomic mass is 32.1. The van der Waals surface area contributed by atoms with E-state index in [1.54, 1.807) is 19.1 Å². The van der Waals surface area contributed by atoms with Crippen molar-refractivity contribution in [2.75, 3.05) is 19.1 Å². The van der Waals surface area contributed by atoms with Crippen LogP contribution in [0.3, 0.4) is 0 Å². The normalized spacial score (nSPS) is 10.8. The molecule has 3 aromatic carbocycles. The molecule has 4 aromatic rings. The van der Waals surface area contributed by atoms with Crippen LogP contribution in [-0.4, -0.2) is 25.1 Å². The molecule has 31 heavy (non-hydrogen) atoms. The van der Waals surface area contributed by atoms with Crippen molar-refractivity contribution in [3.8, 4) is 11.5 Å². The molecule has 6 heteroatoms. The Morgan fingerprint density at radius 3 is 2.32 bits per heavy atom. The van der Waals surface area contributed by atoms with E-state index in [1.807, 2.05) is 68.4 Å². The zero-order valence-electron chi connectivity index (χ0n) is 18.0. The van der Waals surface area contributed by atoms with Gasteiger partial charge in [-0.15, -0.1) is 0 Å². The maximum absolute atomic E-state index is 13.6. The second-order valence-corrected chi connectivity index (χ2v) is 8.41. The minimum atomic E-state index is -0.0590. The van der Waals surface area contributed by atoms with Crippen molar-refractivity contribution in [2.24, 2.45) is 0 Å². The number of para-hydroxylation sites is 1. The van der Waals surface area contributed by atoms with Crippen molar-refractivity contribution in [3.05, 3.63) is 77.4 Å². The predicted octanol–water partition coefficient (Wildman–Crippen LogP) is 5.84. The van der Waals surface area contributed by atoms with Gasteiger partial charge in [-0.2, -0.15) is 0 Å². The van der Waals surface area contributed by atoms with Gasteiger partial charge in [0.2, 0.25) is 5.91 Å². The molecule has 0 saturated carbocycles. The number of aryl methyl sites for hydroxylation is 2. The third-order valence-electron chi connectivity index (χ3n) is 4.99. The summed E-state index contributed by atoms with van der Waals surface area (Å²) in [5.41, 5.74) is 4.75. The molecule has 0 N–H and O–H groups in total. The molecule has 0 aliphatic heterocycles. The predicted molar refractivity (Wildman–Crippen MR) is 126 cm³/mol. The Kier molecular flexibility index (Phi) is 5.91. The number of methoxy groups -OCH3 is 2. The number of carbonyl (C=O) groups is 1. The summed E-state index contributed by atoms with van der Waals surface area (Å²) in [6.45, 7) is 4.07. The number of ether oxygens (including phenoxy) is 2. The van der Waals surface area contributed by atoms with Crippen molar-refractivity contribution in [1.82, 2.24) is 4.98 Å². The molecule has 0 atom stereocenters. The number of nitrogens with zero attached hydrogens (tertiary/aromatic N) is 2. The van der Waals surface area contributed by atoms with Crippen LogP contribution in [0.25, 0.3) is 10.2 Å². The lowest BCUT2D eigenvalue weighted by molar-refractivity contribution is -0.117. The van der Waals surface area contributed by atoms with Gasteiger partial charge in [-0.3, -0.25) is 9.69 Å². The number of aromatic nitrogens is 1. The van der Waals surface area contributed by atoms with Crippen LogP contribution >= 0.6 is 11.3 Å². The quantitative estimate of drug-likeness (QED) is 0.384. The van der Waals surface area contributed by atoms with E-state index >= 15 is 0 Å². The minimum absolute atomic E-state index is 0.0590. The van der Waals surface area contributed by atoms with Crippen molar-refractivity contribution < 1.29 is 14.3 Å². The van der Waals surface area contributed by atoms with Crippen LogP contribution < -0.4 is 14.4 Å². The van der Waals surface area contributed by atoms with Crippen LogP contribution in [0.15, 0.2) is 60.7 Å². The van der Waals surface area contributed by atoms with Gasteiger partial charge in [0.05, 0.1) is 36.5 Å². The standard InChI is InChI=1S/C25H24N2O3S/c1-16-11-17(2)13-19(12-16)27(25-26-20-7-5-6-8-23(20)31-25)24(28)15-18-9-10-21(29-3)22(14-18)30-4/h5-14H,15H2,1-4H3. The minimum Gasteiger partial charge on any atom is -0.493 e. The lowest BCUT2D eigenvalue weighted by Gasteiger charge is -2.21. The van der Waals surface area contributed by atoms with Gasteiger partial charge < -0.3 is 9.47 Å². The average molecular weight is 433 g/mol. The molecule has 0 bridgehead atoms. The summed E-state index contributed by atoms with van der Waals surface area (Å²) in [7, 11) is 3.18. The highest BCUT2D eigenvalue weighted by Gasteiger charge is 2.23. The van der Waals surface area contributed by atoms with E-state index in [-0.39, 0.29) is 12.3 Å². The molecule has 0 radical (unpaired) electrons. The van der Waals surface area contributed by atoms with Gasteiger partial charge in [0.15, 0.2) is 16.6 Å². The molecule has 4 rings (SSSR count). The summed E-state index contributed by atoms with van der Waals surface area (Å²) in [5, 5.41) is 0.664. The third kappa shape index (κ3) is 4.39. The van der Waals surface area contributed by atoms with Crippen LogP contribution in [0.2, 0.25) is 0 Å². The molecule has 0 fully saturated rings. The van der Waals surface area contributed by atoms with E-state index in [2.05, 4.69) is 6.07 Å². The maximum Gasteiger partial charge on any atom is 0.237 e. The van der Waals surface area contributed by atoms with Crippen LogP contribution in [0.1, 0.15) is 16.7 Å². The molecule has 0 unspecified atom stereocenters. The molecule has 0 spiro atoms. The highest BCUT2D eigenvalue weighted by molar-refractivity contribution is 7.22. The van der Waals surface area contributed by atoms with Gasteiger partial charge in [0.1, 0.15) is 0 Å². The smallest absolute Gasteiger partial charge is 0.237 e. The lowest BCUT2D eigenvalue weighted by Crippen LogP contribution is -2.27. The van der Waals surface area contributed by atoms with Crippen molar-refractivity contribution >= 4 is 38.3 Å². The summed E-state index contributed by atoms with van der Waals surface area (Å²) in [5.74, 6) is 1.18. The molecular formula is C25H24N2O3S. The molecule has 0 aliphatic carbocycles. The summed E-state index contributed by atoms with van der Waals surface area (Å²) in [6.07, 6.45) is 0.212. The Bertz CT molecular complexity index is 1200. The Balaban J connectivity index is 1.75. The monoisotopic (exact) mass is 432 g/mol. The number of carbonyl (C=O) groups excluding carboxylic acids is 1.